The molecule has 1 nitrogen and oxygen atoms in total. The van der Waals surface area contributed by atoms with Crippen LogP contribution in [0.5, 0.6) is 0 Å². The number of nitrogens with zero attached hydrogens (tertiary/aromatic N) is 1. The highest BCUT2D eigenvalue weighted by molar-refractivity contribution is 7.81. The van der Waals surface area contributed by atoms with E-state index in [1.807, 2.05) is 0 Å². The molecule has 0 amide bonds. The van der Waals surface area contributed by atoms with Crippen LogP contribution in [0.2, 0.25) is 0 Å². The van der Waals surface area contributed by atoms with E-state index in [1.165, 1.54) is 5.57 Å². The molecule has 1 fully saturated rings. The van der Waals surface area contributed by atoms with Gasteiger partial charge in [0.05, 0.1) is 9.98 Å². The average Bonchev–Trinajstić information content (AvgIpc) is 2.09. The lowest BCUT2D eigenvalue weighted by molar-refractivity contribution is 0.545. The van der Waals surface area contributed by atoms with Crippen molar-refractivity contribution >= 4 is 34.4 Å². The third kappa shape index (κ3) is 3.46. The maximum absolute atomic E-state index is 5.30. The summed E-state index contributed by atoms with van der Waals surface area (Å²) in [4.78, 5) is 4.20. The fourth-order valence-corrected chi connectivity index (χ4v) is 2.34. The molecule has 0 radical (unpaired) electrons. The van der Waals surface area contributed by atoms with Gasteiger partial charge in [0.1, 0.15) is 0 Å². The SMILES string of the molecule is C=C(C)CCCN1C(=S)CCCC1=S. The van der Waals surface area contributed by atoms with Crippen LogP contribution in [0.3, 0.4) is 0 Å². The Morgan fingerprint density at radius 3 is 2.43 bits per heavy atom. The molecule has 0 bridgehead atoms. The Balaban J connectivity index is 2.37. The molecule has 0 aromatic heterocycles. The molecule has 0 aromatic rings. The molecule has 0 saturated carbocycles. The van der Waals surface area contributed by atoms with Crippen molar-refractivity contribution in [1.29, 1.82) is 0 Å². The molecule has 3 heteroatoms. The lowest BCUT2D eigenvalue weighted by atomic mass is 10.1. The maximum atomic E-state index is 5.30. The molecule has 0 aromatic carbocycles. The molecule has 14 heavy (non-hydrogen) atoms. The van der Waals surface area contributed by atoms with E-state index in [0.717, 1.165) is 48.6 Å². The minimum absolute atomic E-state index is 0.977. The van der Waals surface area contributed by atoms with Gasteiger partial charge in [-0.05, 0) is 39.0 Å². The van der Waals surface area contributed by atoms with Crippen molar-refractivity contribution in [2.45, 2.75) is 39.0 Å². The van der Waals surface area contributed by atoms with Crippen molar-refractivity contribution in [1.82, 2.24) is 4.90 Å². The summed E-state index contributed by atoms with van der Waals surface area (Å²) < 4.78 is 0. The van der Waals surface area contributed by atoms with E-state index in [2.05, 4.69) is 18.4 Å². The summed E-state index contributed by atoms with van der Waals surface area (Å²) in [5.74, 6) is 0. The van der Waals surface area contributed by atoms with Gasteiger partial charge in [-0.1, -0.05) is 30.0 Å². The molecule has 78 valence electrons. The predicted octanol–water partition coefficient (Wildman–Crippen LogP) is 3.48. The van der Waals surface area contributed by atoms with Crippen LogP contribution in [-0.4, -0.2) is 21.4 Å². The monoisotopic (exact) mass is 227 g/mol. The first kappa shape index (κ1) is 11.8. The largest absolute Gasteiger partial charge is 0.331 e. The molecule has 0 N–H and O–H groups in total. The van der Waals surface area contributed by atoms with Crippen LogP contribution in [0.4, 0.5) is 0 Å². The van der Waals surface area contributed by atoms with E-state index in [9.17, 15) is 0 Å². The molecular weight excluding hydrogens is 210 g/mol. The second kappa shape index (κ2) is 5.56. The van der Waals surface area contributed by atoms with Gasteiger partial charge < -0.3 is 4.90 Å². The van der Waals surface area contributed by atoms with Gasteiger partial charge in [0.2, 0.25) is 0 Å². The highest BCUT2D eigenvalue weighted by atomic mass is 32.1. The van der Waals surface area contributed by atoms with E-state index in [0.29, 0.717) is 0 Å². The molecule has 0 atom stereocenters. The van der Waals surface area contributed by atoms with Crippen molar-refractivity contribution < 1.29 is 0 Å². The molecule has 1 heterocycles. The van der Waals surface area contributed by atoms with Gasteiger partial charge in [0, 0.05) is 6.54 Å². The standard InChI is InChI=1S/C11H17NS2/c1-9(2)5-4-8-12-10(13)6-3-7-11(12)14/h1,3-8H2,2H3. The molecule has 0 spiro atoms. The Morgan fingerprint density at radius 2 is 1.93 bits per heavy atom. The van der Waals surface area contributed by atoms with Gasteiger partial charge in [-0.25, -0.2) is 0 Å². The maximum Gasteiger partial charge on any atom is 0.0827 e. The third-order valence-corrected chi connectivity index (χ3v) is 3.22. The van der Waals surface area contributed by atoms with Gasteiger partial charge in [0.15, 0.2) is 0 Å². The van der Waals surface area contributed by atoms with Crippen LogP contribution < -0.4 is 0 Å². The number of thiocarbonyl (C=S) groups is 2. The van der Waals surface area contributed by atoms with Crippen LogP contribution in [0.25, 0.3) is 0 Å². The van der Waals surface area contributed by atoms with Crippen molar-refractivity contribution in [3.8, 4) is 0 Å². The van der Waals surface area contributed by atoms with E-state index >= 15 is 0 Å². The number of rotatable bonds is 4. The van der Waals surface area contributed by atoms with Gasteiger partial charge in [0.25, 0.3) is 0 Å². The molecule has 0 aliphatic carbocycles. The van der Waals surface area contributed by atoms with Gasteiger partial charge in [-0.3, -0.25) is 0 Å². The van der Waals surface area contributed by atoms with Crippen LogP contribution in [0.1, 0.15) is 39.0 Å². The summed E-state index contributed by atoms with van der Waals surface area (Å²) in [7, 11) is 0. The highest BCUT2D eigenvalue weighted by Gasteiger charge is 2.18. The Hall–Kier alpha value is -0.280. The topological polar surface area (TPSA) is 3.24 Å². The first-order valence-corrected chi connectivity index (χ1v) is 5.90. The Bertz CT molecular complexity index is 242. The van der Waals surface area contributed by atoms with Crippen molar-refractivity contribution in [3.05, 3.63) is 12.2 Å². The van der Waals surface area contributed by atoms with Crippen LogP contribution in [0.15, 0.2) is 12.2 Å². The van der Waals surface area contributed by atoms with E-state index in [-0.39, 0.29) is 0 Å². The molecule has 1 aliphatic heterocycles. The predicted molar refractivity (Wildman–Crippen MR) is 69.8 cm³/mol. The van der Waals surface area contributed by atoms with Crippen molar-refractivity contribution in [2.75, 3.05) is 6.54 Å². The van der Waals surface area contributed by atoms with Crippen LogP contribution >= 0.6 is 24.4 Å². The Kier molecular flexibility index (Phi) is 4.69. The van der Waals surface area contributed by atoms with Gasteiger partial charge in [-0.2, -0.15) is 0 Å². The molecular formula is C11H17NS2. The number of hydrogen-bond donors (Lipinski definition) is 0. The zero-order valence-electron chi connectivity index (χ0n) is 8.71. The zero-order chi connectivity index (χ0) is 10.6. The minimum atomic E-state index is 0.977. The Morgan fingerprint density at radius 1 is 1.36 bits per heavy atom. The number of piperidine rings is 1. The van der Waals surface area contributed by atoms with Crippen LogP contribution in [0, 0.1) is 0 Å². The quantitative estimate of drug-likeness (QED) is 0.535. The van der Waals surface area contributed by atoms with E-state index in [1.54, 1.807) is 0 Å². The van der Waals surface area contributed by atoms with Crippen LogP contribution in [-0.2, 0) is 0 Å². The van der Waals surface area contributed by atoms with E-state index < -0.39 is 0 Å². The minimum Gasteiger partial charge on any atom is -0.331 e. The van der Waals surface area contributed by atoms with Gasteiger partial charge >= 0.3 is 0 Å². The zero-order valence-corrected chi connectivity index (χ0v) is 10.3. The van der Waals surface area contributed by atoms with E-state index in [4.69, 9.17) is 24.4 Å². The smallest absolute Gasteiger partial charge is 0.0827 e. The summed E-state index contributed by atoms with van der Waals surface area (Å²) in [6.45, 7) is 6.93. The molecule has 1 aliphatic rings. The lowest BCUT2D eigenvalue weighted by Crippen LogP contribution is -2.38. The number of allylic oxidation sites excluding steroid dienone is 1. The second-order valence-corrected chi connectivity index (χ2v) is 4.80. The molecule has 0 unspecified atom stereocenters. The average molecular weight is 227 g/mol. The number of likely N-dealkylation sites (tertiary alicyclic amines) is 1. The summed E-state index contributed by atoms with van der Waals surface area (Å²) in [5, 5.41) is 0. The second-order valence-electron chi connectivity index (χ2n) is 3.85. The first-order chi connectivity index (χ1) is 6.61. The molecule has 1 rings (SSSR count). The lowest BCUT2D eigenvalue weighted by Gasteiger charge is -2.30. The summed E-state index contributed by atoms with van der Waals surface area (Å²) in [6.07, 6.45) is 5.37. The molecule has 1 saturated heterocycles. The van der Waals surface area contributed by atoms with Crippen molar-refractivity contribution in [2.24, 2.45) is 0 Å². The summed E-state index contributed by atoms with van der Waals surface area (Å²) >= 11 is 10.6. The Labute approximate surface area is 97.2 Å². The first-order valence-electron chi connectivity index (χ1n) is 5.09. The highest BCUT2D eigenvalue weighted by Crippen LogP contribution is 2.16. The fraction of sp³-hybridized carbons (Fsp3) is 0.636. The third-order valence-electron chi connectivity index (χ3n) is 2.37. The fourth-order valence-electron chi connectivity index (χ4n) is 1.59. The normalized spacial score (nSPS) is 17.4. The van der Waals surface area contributed by atoms with Crippen molar-refractivity contribution in [3.63, 3.8) is 0 Å². The summed E-state index contributed by atoms with van der Waals surface area (Å²) in [6, 6.07) is 0. The number of hydrogen-bond acceptors (Lipinski definition) is 2. The van der Waals surface area contributed by atoms with Gasteiger partial charge in [-0.15, -0.1) is 6.58 Å². The summed E-state index contributed by atoms with van der Waals surface area (Å²) in [5.41, 5.74) is 1.24.